The number of imidazole rings is 1. The maximum atomic E-state index is 13.1. The van der Waals surface area contributed by atoms with E-state index < -0.39 is 0 Å². The van der Waals surface area contributed by atoms with Crippen LogP contribution in [0.25, 0.3) is 11.2 Å². The van der Waals surface area contributed by atoms with Crippen LogP contribution in [0.1, 0.15) is 11.4 Å². The lowest BCUT2D eigenvalue weighted by molar-refractivity contribution is 0.626. The van der Waals surface area contributed by atoms with Crippen LogP contribution in [0, 0.1) is 5.82 Å². The molecule has 0 spiro atoms. The van der Waals surface area contributed by atoms with Crippen LogP contribution in [0.2, 0.25) is 0 Å². The molecule has 2 aromatic heterocycles. The van der Waals surface area contributed by atoms with Gasteiger partial charge in [-0.25, -0.2) is 19.3 Å². The molecule has 5 nitrogen and oxygen atoms in total. The maximum absolute atomic E-state index is 13.1. The van der Waals surface area contributed by atoms with E-state index in [0.717, 1.165) is 5.56 Å². The van der Waals surface area contributed by atoms with Crippen molar-refractivity contribution in [1.29, 1.82) is 0 Å². The second kappa shape index (κ2) is 4.06. The fourth-order valence-corrected chi connectivity index (χ4v) is 1.82. The number of nitrogens with two attached hydrogens (primary N) is 1. The van der Waals surface area contributed by atoms with Crippen molar-refractivity contribution in [2.45, 2.75) is 6.42 Å². The summed E-state index contributed by atoms with van der Waals surface area (Å²) in [6.45, 7) is 0. The Labute approximate surface area is 102 Å². The van der Waals surface area contributed by atoms with E-state index in [4.69, 9.17) is 5.73 Å². The highest BCUT2D eigenvalue weighted by atomic mass is 19.1. The summed E-state index contributed by atoms with van der Waals surface area (Å²) in [7, 11) is 0. The maximum Gasteiger partial charge on any atom is 0.183 e. The molecule has 3 rings (SSSR count). The predicted molar refractivity (Wildman–Crippen MR) is 65.3 cm³/mol. The van der Waals surface area contributed by atoms with Gasteiger partial charge in [-0.2, -0.15) is 0 Å². The topological polar surface area (TPSA) is 80.5 Å². The number of H-pyrrole nitrogens is 1. The minimum absolute atomic E-state index is 0.261. The Kier molecular flexibility index (Phi) is 2.40. The van der Waals surface area contributed by atoms with Gasteiger partial charge in [-0.1, -0.05) is 12.1 Å². The molecule has 0 aliphatic carbocycles. The molecule has 0 radical (unpaired) electrons. The molecule has 3 aromatic rings. The Morgan fingerprint density at radius 3 is 2.94 bits per heavy atom. The van der Waals surface area contributed by atoms with E-state index in [9.17, 15) is 4.39 Å². The van der Waals surface area contributed by atoms with Crippen LogP contribution in [-0.2, 0) is 6.42 Å². The van der Waals surface area contributed by atoms with E-state index in [1.807, 2.05) is 6.07 Å². The van der Waals surface area contributed by atoms with Gasteiger partial charge >= 0.3 is 0 Å². The Morgan fingerprint density at radius 1 is 1.28 bits per heavy atom. The second-order valence-corrected chi connectivity index (χ2v) is 3.95. The first-order valence-electron chi connectivity index (χ1n) is 5.42. The van der Waals surface area contributed by atoms with Crippen molar-refractivity contribution in [2.75, 3.05) is 5.73 Å². The Morgan fingerprint density at radius 2 is 2.17 bits per heavy atom. The van der Waals surface area contributed by atoms with Gasteiger partial charge in [-0.3, -0.25) is 0 Å². The van der Waals surface area contributed by atoms with Crippen molar-refractivity contribution in [3.8, 4) is 0 Å². The van der Waals surface area contributed by atoms with Crippen LogP contribution in [0.15, 0.2) is 30.6 Å². The monoisotopic (exact) mass is 243 g/mol. The molecular weight excluding hydrogens is 233 g/mol. The summed E-state index contributed by atoms with van der Waals surface area (Å²) in [4.78, 5) is 15.2. The van der Waals surface area contributed by atoms with Gasteiger partial charge in [0, 0.05) is 6.42 Å². The zero-order chi connectivity index (χ0) is 12.5. The predicted octanol–water partition coefficient (Wildman–Crippen LogP) is 1.67. The first kappa shape index (κ1) is 10.6. The molecule has 0 bridgehead atoms. The highest BCUT2D eigenvalue weighted by molar-refractivity contribution is 5.81. The lowest BCUT2D eigenvalue weighted by Crippen LogP contribution is -1.92. The van der Waals surface area contributed by atoms with E-state index in [1.165, 1.54) is 18.5 Å². The number of fused-ring (bicyclic) bond motifs is 1. The third kappa shape index (κ3) is 1.88. The molecule has 18 heavy (non-hydrogen) atoms. The zero-order valence-electron chi connectivity index (χ0n) is 9.39. The first-order valence-corrected chi connectivity index (χ1v) is 5.42. The quantitative estimate of drug-likeness (QED) is 0.717. The van der Waals surface area contributed by atoms with Crippen molar-refractivity contribution in [3.63, 3.8) is 0 Å². The normalized spacial score (nSPS) is 10.9. The highest BCUT2D eigenvalue weighted by Crippen LogP contribution is 2.15. The molecular formula is C12H10FN5. The third-order valence-corrected chi connectivity index (χ3v) is 2.63. The van der Waals surface area contributed by atoms with E-state index in [0.29, 0.717) is 29.2 Å². The minimum atomic E-state index is -0.261. The van der Waals surface area contributed by atoms with E-state index >= 15 is 0 Å². The molecule has 0 saturated carbocycles. The Bertz CT molecular complexity index is 707. The standard InChI is InChI=1S/C12H10FN5/c13-8-3-1-2-7(4-8)5-9-17-10-11(14)15-6-16-12(10)18-9/h1-4,6H,5H2,(H3,14,15,16,17,18). The lowest BCUT2D eigenvalue weighted by atomic mass is 10.1. The van der Waals surface area contributed by atoms with Crippen molar-refractivity contribution >= 4 is 17.0 Å². The molecule has 0 amide bonds. The highest BCUT2D eigenvalue weighted by Gasteiger charge is 2.08. The number of hydrogen-bond donors (Lipinski definition) is 2. The van der Waals surface area contributed by atoms with Crippen LogP contribution >= 0.6 is 0 Å². The van der Waals surface area contributed by atoms with Gasteiger partial charge in [-0.15, -0.1) is 0 Å². The van der Waals surface area contributed by atoms with Crippen molar-refractivity contribution in [3.05, 3.63) is 47.8 Å². The average Bonchev–Trinajstić information content (AvgIpc) is 2.73. The van der Waals surface area contributed by atoms with E-state index in [1.54, 1.807) is 6.07 Å². The minimum Gasteiger partial charge on any atom is -0.382 e. The molecule has 0 aliphatic heterocycles. The smallest absolute Gasteiger partial charge is 0.183 e. The summed E-state index contributed by atoms with van der Waals surface area (Å²) in [6, 6.07) is 6.39. The lowest BCUT2D eigenvalue weighted by Gasteiger charge is -1.97. The second-order valence-electron chi connectivity index (χ2n) is 3.95. The van der Waals surface area contributed by atoms with Gasteiger partial charge in [0.25, 0.3) is 0 Å². The largest absolute Gasteiger partial charge is 0.382 e. The van der Waals surface area contributed by atoms with E-state index in [-0.39, 0.29) is 5.82 Å². The number of nitrogen functional groups attached to an aromatic ring is 1. The van der Waals surface area contributed by atoms with Gasteiger partial charge in [0.1, 0.15) is 23.5 Å². The van der Waals surface area contributed by atoms with Crippen LogP contribution in [0.4, 0.5) is 10.2 Å². The number of nitrogens with zero attached hydrogens (tertiary/aromatic N) is 3. The van der Waals surface area contributed by atoms with Crippen LogP contribution in [0.3, 0.4) is 0 Å². The number of halogens is 1. The van der Waals surface area contributed by atoms with Crippen molar-refractivity contribution in [2.24, 2.45) is 0 Å². The van der Waals surface area contributed by atoms with Crippen molar-refractivity contribution in [1.82, 2.24) is 19.9 Å². The molecule has 2 heterocycles. The van der Waals surface area contributed by atoms with Gasteiger partial charge in [0.2, 0.25) is 0 Å². The summed E-state index contributed by atoms with van der Waals surface area (Å²) in [5.74, 6) is 0.781. The first-order chi connectivity index (χ1) is 8.72. The van der Waals surface area contributed by atoms with E-state index in [2.05, 4.69) is 19.9 Å². The number of aromatic amines is 1. The molecule has 6 heteroatoms. The number of rotatable bonds is 2. The zero-order valence-corrected chi connectivity index (χ0v) is 9.39. The van der Waals surface area contributed by atoms with Crippen LogP contribution in [-0.4, -0.2) is 19.9 Å². The van der Waals surface area contributed by atoms with Crippen LogP contribution in [0.5, 0.6) is 0 Å². The van der Waals surface area contributed by atoms with Crippen molar-refractivity contribution < 1.29 is 4.39 Å². The molecule has 0 saturated heterocycles. The van der Waals surface area contributed by atoms with Gasteiger partial charge in [0.15, 0.2) is 11.5 Å². The summed E-state index contributed by atoms with van der Waals surface area (Å²) in [6.07, 6.45) is 1.86. The number of benzene rings is 1. The molecule has 90 valence electrons. The number of anilines is 1. The fraction of sp³-hybridized carbons (Fsp3) is 0.0833. The van der Waals surface area contributed by atoms with Crippen LogP contribution < -0.4 is 5.73 Å². The summed E-state index contributed by atoms with van der Waals surface area (Å²) in [5, 5.41) is 0. The summed E-state index contributed by atoms with van der Waals surface area (Å²) < 4.78 is 13.1. The third-order valence-electron chi connectivity index (χ3n) is 2.63. The summed E-state index contributed by atoms with van der Waals surface area (Å²) in [5.41, 5.74) is 7.68. The Balaban J connectivity index is 1.98. The SMILES string of the molecule is Nc1ncnc2nc(Cc3cccc(F)c3)[nH]c12. The fourth-order valence-electron chi connectivity index (χ4n) is 1.82. The Hall–Kier alpha value is -2.50. The van der Waals surface area contributed by atoms with Gasteiger partial charge in [-0.05, 0) is 17.7 Å². The number of hydrogen-bond acceptors (Lipinski definition) is 4. The summed E-state index contributed by atoms with van der Waals surface area (Å²) >= 11 is 0. The molecule has 0 aliphatic rings. The molecule has 1 aromatic carbocycles. The average molecular weight is 243 g/mol. The molecule has 3 N–H and O–H groups in total. The van der Waals surface area contributed by atoms with Gasteiger partial charge < -0.3 is 10.7 Å². The van der Waals surface area contributed by atoms with Gasteiger partial charge in [0.05, 0.1) is 0 Å². The molecule has 0 atom stereocenters. The molecule has 0 unspecified atom stereocenters. The number of nitrogens with one attached hydrogen (secondary N) is 1. The number of aromatic nitrogens is 4. The molecule has 0 fully saturated rings.